The predicted octanol–water partition coefficient (Wildman–Crippen LogP) is 4.21. The van der Waals surface area contributed by atoms with E-state index in [9.17, 15) is 36.6 Å². The first-order valence-corrected chi connectivity index (χ1v) is 7.65. The largest absolute Gasteiger partial charge is 0.400 e. The summed E-state index contributed by atoms with van der Waals surface area (Å²) < 4.78 is 75.5. The second kappa shape index (κ2) is 8.92. The number of rotatable bonds is 5. The van der Waals surface area contributed by atoms with Crippen LogP contribution in [0.15, 0.2) is 24.3 Å². The molecule has 11 heteroatoms. The molecule has 0 aliphatic rings. The molecule has 2 N–H and O–H groups in total. The van der Waals surface area contributed by atoms with Gasteiger partial charge in [-0.2, -0.15) is 26.3 Å². The Bertz CT molecular complexity index is 643. The van der Waals surface area contributed by atoms with Gasteiger partial charge in [-0.15, -0.1) is 11.3 Å². The number of thiazole rings is 1. The summed E-state index contributed by atoms with van der Waals surface area (Å²) in [5, 5.41) is 19.6. The van der Waals surface area contributed by atoms with Crippen molar-refractivity contribution in [1.29, 1.82) is 0 Å². The third-order valence-corrected chi connectivity index (χ3v) is 4.53. The Balaban J connectivity index is 0.00000312. The van der Waals surface area contributed by atoms with Crippen LogP contribution in [-0.4, -0.2) is 33.7 Å². The Hall–Kier alpha value is 0.194. The van der Waals surface area contributed by atoms with Crippen molar-refractivity contribution in [3.05, 3.63) is 29.3 Å². The molecule has 1 aromatic heterocycles. The third kappa shape index (κ3) is 6.39. The van der Waals surface area contributed by atoms with Gasteiger partial charge in [-0.3, -0.25) is 0 Å². The van der Waals surface area contributed by atoms with Crippen LogP contribution in [0, 0.1) is 55.3 Å². The average Bonchev–Trinajstić information content (AvgIpc) is 2.86. The van der Waals surface area contributed by atoms with E-state index in [-0.39, 0.29) is 54.4 Å². The smallest absolute Gasteiger partial charge is 0.393 e. The quantitative estimate of drug-likeness (QED) is 0.576. The van der Waals surface area contributed by atoms with E-state index in [1.165, 1.54) is 0 Å². The minimum Gasteiger partial charge on any atom is -0.393 e. The van der Waals surface area contributed by atoms with E-state index in [4.69, 9.17) is 0 Å². The minimum atomic E-state index is -5.51. The van der Waals surface area contributed by atoms with E-state index >= 15 is 0 Å². The molecule has 141 valence electrons. The van der Waals surface area contributed by atoms with Crippen LogP contribution in [0.3, 0.4) is 0 Å². The Morgan fingerprint density at radius 1 is 0.960 bits per heavy atom. The second-order valence-electron chi connectivity index (χ2n) is 5.30. The first kappa shape index (κ1) is 23.2. The molecular formula is C14H13EuF6NO2S. The zero-order chi connectivity index (χ0) is 18.1. The SMILES string of the molecule is OC(CC(O)c1nc2ccccc2s1)CC(C(F)(F)F)C(F)(F)F.[Eu]. The molecule has 1 aromatic carbocycles. The number of para-hydroxylation sites is 1. The molecule has 3 nitrogen and oxygen atoms in total. The van der Waals surface area contributed by atoms with Gasteiger partial charge in [0.25, 0.3) is 0 Å². The molecule has 0 spiro atoms. The Kier molecular flexibility index (Phi) is 8.29. The molecule has 2 unspecified atom stereocenters. The van der Waals surface area contributed by atoms with Crippen molar-refractivity contribution in [2.24, 2.45) is 5.92 Å². The summed E-state index contributed by atoms with van der Waals surface area (Å²) in [7, 11) is 0. The first-order valence-electron chi connectivity index (χ1n) is 6.83. The summed E-state index contributed by atoms with van der Waals surface area (Å²) in [6.07, 6.45) is -16.7. The van der Waals surface area contributed by atoms with Crippen molar-refractivity contribution in [3.63, 3.8) is 0 Å². The summed E-state index contributed by atoms with van der Waals surface area (Å²) in [6, 6.07) is 6.79. The first-order chi connectivity index (χ1) is 11.0. The number of fused-ring (bicyclic) bond motifs is 1. The van der Waals surface area contributed by atoms with Crippen LogP contribution in [0.1, 0.15) is 24.0 Å². The number of halogens is 6. The number of nitrogens with zero attached hydrogens (tertiary/aromatic N) is 1. The molecule has 0 amide bonds. The van der Waals surface area contributed by atoms with Crippen molar-refractivity contribution in [1.82, 2.24) is 4.98 Å². The number of hydrogen-bond acceptors (Lipinski definition) is 4. The number of benzene rings is 1. The Morgan fingerprint density at radius 3 is 2.04 bits per heavy atom. The maximum atomic E-state index is 12.5. The van der Waals surface area contributed by atoms with Gasteiger partial charge >= 0.3 is 12.4 Å². The molecule has 2 atom stereocenters. The van der Waals surface area contributed by atoms with Crippen LogP contribution >= 0.6 is 11.3 Å². The fourth-order valence-electron chi connectivity index (χ4n) is 2.21. The van der Waals surface area contributed by atoms with Crippen molar-refractivity contribution >= 4 is 21.6 Å². The number of hydrogen-bond donors (Lipinski definition) is 2. The van der Waals surface area contributed by atoms with Crippen molar-refractivity contribution < 1.29 is 85.9 Å². The number of alkyl halides is 6. The molecule has 0 aliphatic carbocycles. The van der Waals surface area contributed by atoms with Gasteiger partial charge in [0, 0.05) is 55.8 Å². The fourth-order valence-corrected chi connectivity index (χ4v) is 3.18. The average molecular weight is 525 g/mol. The molecule has 1 radical (unpaired) electrons. The van der Waals surface area contributed by atoms with E-state index in [1.807, 2.05) is 0 Å². The van der Waals surface area contributed by atoms with Gasteiger partial charge in [-0.1, -0.05) is 12.1 Å². The maximum Gasteiger partial charge on any atom is 0.400 e. The summed E-state index contributed by atoms with van der Waals surface area (Å²) in [5.41, 5.74) is 0.550. The zero-order valence-corrected chi connectivity index (χ0v) is 15.6. The molecule has 2 rings (SSSR count). The van der Waals surface area contributed by atoms with Crippen LogP contribution in [0.25, 0.3) is 10.2 Å². The summed E-state index contributed by atoms with van der Waals surface area (Å²) in [4.78, 5) is 4.06. The van der Waals surface area contributed by atoms with E-state index in [2.05, 4.69) is 4.98 Å². The number of aliphatic hydroxyl groups is 2. The Labute approximate surface area is 183 Å². The van der Waals surface area contributed by atoms with Crippen molar-refractivity contribution in [3.8, 4) is 0 Å². The summed E-state index contributed by atoms with van der Waals surface area (Å²) in [6.45, 7) is 0. The van der Waals surface area contributed by atoms with E-state index < -0.39 is 43.3 Å². The molecule has 25 heavy (non-hydrogen) atoms. The van der Waals surface area contributed by atoms with Gasteiger partial charge in [0.15, 0.2) is 5.92 Å². The van der Waals surface area contributed by atoms with Gasteiger partial charge < -0.3 is 10.2 Å². The van der Waals surface area contributed by atoms with E-state index in [1.54, 1.807) is 24.3 Å². The van der Waals surface area contributed by atoms with Crippen molar-refractivity contribution in [2.75, 3.05) is 0 Å². The van der Waals surface area contributed by atoms with Gasteiger partial charge in [-0.05, 0) is 18.6 Å². The summed E-state index contributed by atoms with van der Waals surface area (Å²) in [5.74, 6) is -3.64. The topological polar surface area (TPSA) is 53.4 Å². The van der Waals surface area contributed by atoms with Crippen LogP contribution in [-0.2, 0) is 0 Å². The summed E-state index contributed by atoms with van der Waals surface area (Å²) >= 11 is 1.06. The second-order valence-corrected chi connectivity index (χ2v) is 6.36. The molecule has 0 fully saturated rings. The molecule has 0 saturated heterocycles. The van der Waals surface area contributed by atoms with E-state index in [0.717, 1.165) is 11.3 Å². The van der Waals surface area contributed by atoms with E-state index in [0.29, 0.717) is 10.2 Å². The van der Waals surface area contributed by atoms with Crippen molar-refractivity contribution in [2.45, 2.75) is 37.4 Å². The Morgan fingerprint density at radius 2 is 1.52 bits per heavy atom. The van der Waals surface area contributed by atoms with Gasteiger partial charge in [0.1, 0.15) is 11.1 Å². The number of aliphatic hydroxyl groups excluding tert-OH is 2. The fraction of sp³-hybridized carbons (Fsp3) is 0.500. The molecule has 0 saturated carbocycles. The van der Waals surface area contributed by atoms with Gasteiger partial charge in [0.05, 0.1) is 16.3 Å². The number of aromatic nitrogens is 1. The van der Waals surface area contributed by atoms with Crippen LogP contribution in [0.4, 0.5) is 26.3 Å². The van der Waals surface area contributed by atoms with Crippen LogP contribution < -0.4 is 0 Å². The maximum absolute atomic E-state index is 12.5. The molecule has 2 aromatic rings. The monoisotopic (exact) mass is 526 g/mol. The molecular weight excluding hydrogens is 512 g/mol. The molecule has 0 bridgehead atoms. The zero-order valence-electron chi connectivity index (χ0n) is 12.4. The van der Waals surface area contributed by atoms with Crippen LogP contribution in [0.2, 0.25) is 0 Å². The minimum absolute atomic E-state index is 0. The molecule has 1 heterocycles. The van der Waals surface area contributed by atoms with Gasteiger partial charge in [0.2, 0.25) is 0 Å². The van der Waals surface area contributed by atoms with Crippen LogP contribution in [0.5, 0.6) is 0 Å². The molecule has 0 aliphatic heterocycles. The third-order valence-electron chi connectivity index (χ3n) is 3.39. The standard InChI is InChI=1S/C14H13F6NO2S.Eu/c15-13(16,17)11(14(18,19)20)6-7(22)5-9(23)12-21-8-3-1-2-4-10(8)24-12;/h1-4,7,9,11,22-23H,5-6H2;. The predicted molar refractivity (Wildman–Crippen MR) is 75.4 cm³/mol. The normalized spacial score (nSPS) is 15.2. The van der Waals surface area contributed by atoms with Gasteiger partial charge in [-0.25, -0.2) is 4.98 Å².